The minimum atomic E-state index is -0.412. The molecule has 1 heterocycles. The summed E-state index contributed by atoms with van der Waals surface area (Å²) >= 11 is 0. The minimum absolute atomic E-state index is 0.412. The third kappa shape index (κ3) is 3.28. The Bertz CT molecular complexity index is 405. The first-order valence-corrected chi connectivity index (χ1v) is 7.35. The average molecular weight is 262 g/mol. The lowest BCUT2D eigenvalue weighted by Gasteiger charge is -2.30. The molecule has 3 nitrogen and oxygen atoms in total. The summed E-state index contributed by atoms with van der Waals surface area (Å²) in [6.45, 7) is 7.48. The normalized spacial score (nSPS) is 21.6. The fourth-order valence-corrected chi connectivity index (χ4v) is 3.12. The molecule has 19 heavy (non-hydrogen) atoms. The molecule has 1 aliphatic heterocycles. The Morgan fingerprint density at radius 1 is 1.42 bits per heavy atom. The molecule has 1 unspecified atom stereocenters. The van der Waals surface area contributed by atoms with Crippen LogP contribution in [0.4, 0.5) is 5.69 Å². The molecule has 0 spiro atoms. The van der Waals surface area contributed by atoms with E-state index in [1.54, 1.807) is 0 Å². The number of para-hydroxylation sites is 1. The molecule has 1 N–H and O–H groups in total. The number of aliphatic hydroxyl groups is 1. The van der Waals surface area contributed by atoms with E-state index in [1.807, 2.05) is 25.1 Å². The van der Waals surface area contributed by atoms with Crippen LogP contribution in [0.25, 0.3) is 0 Å². The molecule has 0 bridgehead atoms. The van der Waals surface area contributed by atoms with Crippen molar-refractivity contribution in [3.63, 3.8) is 0 Å². The van der Waals surface area contributed by atoms with E-state index in [-0.39, 0.29) is 0 Å². The first kappa shape index (κ1) is 14.4. The van der Waals surface area contributed by atoms with Gasteiger partial charge < -0.3 is 10.0 Å². The molecule has 1 fully saturated rings. The van der Waals surface area contributed by atoms with E-state index in [4.69, 9.17) is 0 Å². The smallest absolute Gasteiger partial charge is 0.0781 e. The highest BCUT2D eigenvalue weighted by Crippen LogP contribution is 2.27. The molecule has 3 heteroatoms. The number of likely N-dealkylation sites (tertiary alicyclic amines) is 1. The van der Waals surface area contributed by atoms with Crippen LogP contribution in [-0.2, 0) is 0 Å². The summed E-state index contributed by atoms with van der Waals surface area (Å²) in [5, 5.41) is 9.88. The summed E-state index contributed by atoms with van der Waals surface area (Å²) in [5.74, 6) is 0. The van der Waals surface area contributed by atoms with Crippen LogP contribution >= 0.6 is 0 Å². The quantitative estimate of drug-likeness (QED) is 0.884. The predicted molar refractivity (Wildman–Crippen MR) is 80.6 cm³/mol. The van der Waals surface area contributed by atoms with Gasteiger partial charge in [-0.2, -0.15) is 0 Å². The van der Waals surface area contributed by atoms with Crippen molar-refractivity contribution in [3.05, 3.63) is 29.8 Å². The van der Waals surface area contributed by atoms with Crippen LogP contribution in [0.2, 0.25) is 0 Å². The molecule has 0 amide bonds. The second-order valence-electron chi connectivity index (χ2n) is 5.54. The highest BCUT2D eigenvalue weighted by molar-refractivity contribution is 5.54. The summed E-state index contributed by atoms with van der Waals surface area (Å²) in [4.78, 5) is 4.85. The summed E-state index contributed by atoms with van der Waals surface area (Å²) in [6, 6.07) is 8.81. The van der Waals surface area contributed by atoms with Gasteiger partial charge in [0.2, 0.25) is 0 Å². The van der Waals surface area contributed by atoms with Crippen molar-refractivity contribution < 1.29 is 5.11 Å². The number of likely N-dealkylation sites (N-methyl/N-ethyl adjacent to an activating group) is 2. The molecular formula is C16H26N2O. The zero-order valence-electron chi connectivity index (χ0n) is 12.3. The van der Waals surface area contributed by atoms with Gasteiger partial charge in [-0.15, -0.1) is 0 Å². The number of rotatable bonds is 5. The van der Waals surface area contributed by atoms with E-state index in [0.717, 1.165) is 24.3 Å². The van der Waals surface area contributed by atoms with Crippen molar-refractivity contribution in [2.24, 2.45) is 0 Å². The molecule has 1 aromatic carbocycles. The molecule has 1 saturated heterocycles. The van der Waals surface area contributed by atoms with Crippen molar-refractivity contribution in [3.8, 4) is 0 Å². The highest BCUT2D eigenvalue weighted by atomic mass is 16.3. The molecule has 2 atom stereocenters. The lowest BCUT2D eigenvalue weighted by molar-refractivity contribution is 0.199. The lowest BCUT2D eigenvalue weighted by atomic mass is 10.1. The largest absolute Gasteiger partial charge is 0.389 e. The maximum Gasteiger partial charge on any atom is 0.0781 e. The lowest BCUT2D eigenvalue weighted by Crippen LogP contribution is -2.39. The van der Waals surface area contributed by atoms with Gasteiger partial charge in [0.05, 0.1) is 6.10 Å². The van der Waals surface area contributed by atoms with Crippen LogP contribution in [0.15, 0.2) is 24.3 Å². The Labute approximate surface area is 116 Å². The third-order valence-corrected chi connectivity index (χ3v) is 4.19. The Morgan fingerprint density at radius 2 is 2.16 bits per heavy atom. The van der Waals surface area contributed by atoms with Gasteiger partial charge in [-0.3, -0.25) is 4.90 Å². The van der Waals surface area contributed by atoms with Crippen molar-refractivity contribution in [2.75, 3.05) is 31.6 Å². The minimum Gasteiger partial charge on any atom is -0.389 e. The Balaban J connectivity index is 2.09. The molecule has 0 aliphatic carbocycles. The average Bonchev–Trinajstić information content (AvgIpc) is 2.85. The van der Waals surface area contributed by atoms with E-state index in [9.17, 15) is 5.11 Å². The number of aliphatic hydroxyl groups excluding tert-OH is 1. The van der Waals surface area contributed by atoms with Gasteiger partial charge in [-0.05, 0) is 38.9 Å². The number of anilines is 1. The number of benzene rings is 1. The Hall–Kier alpha value is -1.06. The maximum absolute atomic E-state index is 9.88. The second-order valence-corrected chi connectivity index (χ2v) is 5.54. The monoisotopic (exact) mass is 262 g/mol. The molecule has 1 aromatic rings. The van der Waals surface area contributed by atoms with E-state index in [0.29, 0.717) is 6.04 Å². The van der Waals surface area contributed by atoms with Crippen LogP contribution in [0, 0.1) is 0 Å². The van der Waals surface area contributed by atoms with E-state index in [2.05, 4.69) is 29.8 Å². The third-order valence-electron chi connectivity index (χ3n) is 4.19. The summed E-state index contributed by atoms with van der Waals surface area (Å²) in [6.07, 6.45) is 2.18. The second kappa shape index (κ2) is 6.40. The van der Waals surface area contributed by atoms with Gasteiger partial charge in [0.25, 0.3) is 0 Å². The van der Waals surface area contributed by atoms with E-state index >= 15 is 0 Å². The maximum atomic E-state index is 9.88. The van der Waals surface area contributed by atoms with Gasteiger partial charge >= 0.3 is 0 Å². The van der Waals surface area contributed by atoms with Gasteiger partial charge in [0.15, 0.2) is 0 Å². The Kier molecular flexibility index (Phi) is 4.83. The number of nitrogens with zero attached hydrogens (tertiary/aromatic N) is 2. The van der Waals surface area contributed by atoms with Crippen molar-refractivity contribution in [1.29, 1.82) is 0 Å². The Morgan fingerprint density at radius 3 is 2.84 bits per heavy atom. The van der Waals surface area contributed by atoms with Gasteiger partial charge in [-0.1, -0.05) is 25.1 Å². The summed E-state index contributed by atoms with van der Waals surface area (Å²) in [7, 11) is 2.13. The molecular weight excluding hydrogens is 236 g/mol. The van der Waals surface area contributed by atoms with Crippen LogP contribution < -0.4 is 4.90 Å². The first-order chi connectivity index (χ1) is 9.13. The fourth-order valence-electron chi connectivity index (χ4n) is 3.12. The summed E-state index contributed by atoms with van der Waals surface area (Å²) in [5.41, 5.74) is 2.17. The molecule has 1 aliphatic rings. The highest BCUT2D eigenvalue weighted by Gasteiger charge is 2.24. The predicted octanol–water partition coefficient (Wildman–Crippen LogP) is 2.66. The first-order valence-electron chi connectivity index (χ1n) is 7.35. The van der Waals surface area contributed by atoms with Gasteiger partial charge in [0, 0.05) is 30.9 Å². The van der Waals surface area contributed by atoms with Crippen molar-refractivity contribution in [2.45, 2.75) is 38.8 Å². The van der Waals surface area contributed by atoms with Crippen molar-refractivity contribution >= 4 is 5.69 Å². The molecule has 0 radical (unpaired) electrons. The topological polar surface area (TPSA) is 26.7 Å². The van der Waals surface area contributed by atoms with E-state index < -0.39 is 6.10 Å². The van der Waals surface area contributed by atoms with Gasteiger partial charge in [0.1, 0.15) is 0 Å². The molecule has 0 saturated carbocycles. The molecule has 0 aromatic heterocycles. The van der Waals surface area contributed by atoms with Crippen LogP contribution in [0.5, 0.6) is 0 Å². The van der Waals surface area contributed by atoms with Gasteiger partial charge in [-0.25, -0.2) is 0 Å². The molecule has 2 rings (SSSR count). The van der Waals surface area contributed by atoms with E-state index in [1.165, 1.54) is 19.4 Å². The van der Waals surface area contributed by atoms with Crippen LogP contribution in [0.1, 0.15) is 38.4 Å². The zero-order valence-corrected chi connectivity index (χ0v) is 12.3. The summed E-state index contributed by atoms with van der Waals surface area (Å²) < 4.78 is 0. The molecule has 106 valence electrons. The fraction of sp³-hybridized carbons (Fsp3) is 0.625. The van der Waals surface area contributed by atoms with Crippen LogP contribution in [-0.4, -0.2) is 42.7 Å². The SMILES string of the molecule is CCN1CCCC1CN(C)c1ccccc1[C@@H](C)O. The standard InChI is InChI=1S/C16H26N2O/c1-4-18-11-7-8-14(18)12-17(3)16-10-6-5-9-15(16)13(2)19/h5-6,9-10,13-14,19H,4,7-8,11-12H2,1-3H3/t13-,14?/m1/s1. The van der Waals surface area contributed by atoms with Crippen LogP contribution in [0.3, 0.4) is 0 Å². The van der Waals surface area contributed by atoms with Crippen molar-refractivity contribution in [1.82, 2.24) is 4.90 Å². The number of hydrogen-bond acceptors (Lipinski definition) is 3. The number of hydrogen-bond donors (Lipinski definition) is 1. The zero-order chi connectivity index (χ0) is 13.8.